The molecule has 1 aromatic rings. The van der Waals surface area contributed by atoms with Gasteiger partial charge in [0.05, 0.1) is 5.69 Å². The topological polar surface area (TPSA) is 80.2 Å². The molecule has 0 aliphatic carbocycles. The molecule has 72 valence electrons. The van der Waals surface area contributed by atoms with Crippen molar-refractivity contribution in [2.45, 2.75) is 18.7 Å². The van der Waals surface area contributed by atoms with E-state index in [1.54, 1.807) is 6.92 Å². The van der Waals surface area contributed by atoms with Gasteiger partial charge < -0.3 is 0 Å². The number of hydrogen-bond acceptors (Lipinski definition) is 4. The van der Waals surface area contributed by atoms with Crippen LogP contribution in [0, 0.1) is 13.8 Å². The molecule has 0 atom stereocenters. The minimum Gasteiger partial charge on any atom is -0.282 e. The van der Waals surface area contributed by atoms with Gasteiger partial charge in [0.25, 0.3) is 10.1 Å². The lowest BCUT2D eigenvalue weighted by molar-refractivity contribution is 0.481. The summed E-state index contributed by atoms with van der Waals surface area (Å²) >= 11 is 5.53. The van der Waals surface area contributed by atoms with Gasteiger partial charge >= 0.3 is 0 Å². The minimum atomic E-state index is -4.34. The number of aryl methyl sites for hydroxylation is 2. The molecule has 7 heteroatoms. The highest BCUT2D eigenvalue weighted by atomic mass is 35.5. The number of aromatic nitrogens is 2. The molecule has 13 heavy (non-hydrogen) atoms. The Bertz CT molecular complexity index is 420. The van der Waals surface area contributed by atoms with E-state index in [-0.39, 0.29) is 10.8 Å². The lowest BCUT2D eigenvalue weighted by Gasteiger charge is -2.03. The largest absolute Gasteiger partial charge is 0.299 e. The molecule has 1 heterocycles. The van der Waals surface area contributed by atoms with Crippen LogP contribution in [0.15, 0.2) is 4.90 Å². The summed E-state index contributed by atoms with van der Waals surface area (Å²) < 4.78 is 30.3. The quantitative estimate of drug-likeness (QED) is 0.566. The van der Waals surface area contributed by atoms with Gasteiger partial charge in [-0.15, -0.1) is 0 Å². The maximum atomic E-state index is 10.8. The van der Waals surface area contributed by atoms with Crippen molar-refractivity contribution in [2.75, 3.05) is 0 Å². The van der Waals surface area contributed by atoms with Crippen molar-refractivity contribution >= 4 is 21.7 Å². The first kappa shape index (κ1) is 10.4. The first-order valence-corrected chi connectivity index (χ1v) is 5.12. The number of hydrogen-bond donors (Lipinski definition) is 1. The van der Waals surface area contributed by atoms with Crippen molar-refractivity contribution in [1.82, 2.24) is 9.97 Å². The van der Waals surface area contributed by atoms with Crippen LogP contribution < -0.4 is 0 Å². The molecule has 0 bridgehead atoms. The summed E-state index contributed by atoms with van der Waals surface area (Å²) in [4.78, 5) is 6.95. The Labute approximate surface area is 80.5 Å². The van der Waals surface area contributed by atoms with E-state index in [0.29, 0.717) is 5.82 Å². The maximum Gasteiger partial charge on any atom is 0.299 e. The third-order valence-corrected chi connectivity index (χ3v) is 2.75. The Hall–Kier alpha value is -0.720. The van der Waals surface area contributed by atoms with E-state index in [9.17, 15) is 8.42 Å². The highest BCUT2D eigenvalue weighted by Crippen LogP contribution is 2.21. The van der Waals surface area contributed by atoms with Crippen LogP contribution in [0.2, 0.25) is 5.15 Å². The molecule has 0 unspecified atom stereocenters. The SMILES string of the molecule is Cc1nc(C)c(S(=O)(=O)O)c(Cl)n1. The zero-order valence-electron chi connectivity index (χ0n) is 6.94. The van der Waals surface area contributed by atoms with Gasteiger partial charge in [-0.25, -0.2) is 9.97 Å². The first-order valence-electron chi connectivity index (χ1n) is 3.30. The molecule has 0 amide bonds. The normalized spacial score (nSPS) is 11.7. The number of rotatable bonds is 1. The van der Waals surface area contributed by atoms with E-state index in [4.69, 9.17) is 16.2 Å². The lowest BCUT2D eigenvalue weighted by Crippen LogP contribution is -2.06. The molecule has 0 aromatic carbocycles. The summed E-state index contributed by atoms with van der Waals surface area (Å²) in [5.41, 5.74) is 0.139. The van der Waals surface area contributed by atoms with E-state index in [0.717, 1.165) is 0 Å². The summed E-state index contributed by atoms with van der Waals surface area (Å²) in [6, 6.07) is 0. The zero-order chi connectivity index (χ0) is 10.2. The summed E-state index contributed by atoms with van der Waals surface area (Å²) in [5, 5.41) is -0.257. The number of nitrogens with zero attached hydrogens (tertiary/aromatic N) is 2. The second kappa shape index (κ2) is 3.21. The predicted molar refractivity (Wildman–Crippen MR) is 46.3 cm³/mol. The van der Waals surface area contributed by atoms with E-state index < -0.39 is 15.0 Å². The van der Waals surface area contributed by atoms with Gasteiger partial charge in [-0.1, -0.05) is 11.6 Å². The average Bonchev–Trinajstić information content (AvgIpc) is 1.78. The van der Waals surface area contributed by atoms with Gasteiger partial charge in [-0.3, -0.25) is 4.55 Å². The molecule has 5 nitrogen and oxygen atoms in total. The third-order valence-electron chi connectivity index (χ3n) is 1.36. The fourth-order valence-corrected chi connectivity index (χ4v) is 2.18. The average molecular weight is 223 g/mol. The molecular weight excluding hydrogens is 216 g/mol. The third kappa shape index (κ3) is 2.15. The van der Waals surface area contributed by atoms with Crippen LogP contribution in [-0.4, -0.2) is 22.9 Å². The van der Waals surface area contributed by atoms with Gasteiger partial charge in [0.2, 0.25) is 0 Å². The Morgan fingerprint density at radius 1 is 1.31 bits per heavy atom. The van der Waals surface area contributed by atoms with Crippen molar-refractivity contribution in [2.24, 2.45) is 0 Å². The molecular formula is C6H7ClN2O3S. The van der Waals surface area contributed by atoms with Crippen molar-refractivity contribution in [1.29, 1.82) is 0 Å². The fraction of sp³-hybridized carbons (Fsp3) is 0.333. The maximum absolute atomic E-state index is 10.8. The van der Waals surface area contributed by atoms with Crippen LogP contribution >= 0.6 is 11.6 Å². The standard InChI is InChI=1S/C6H7ClN2O3S/c1-3-5(13(10,11)12)6(7)9-4(2)8-3/h1-2H3,(H,10,11,12). The second-order valence-electron chi connectivity index (χ2n) is 2.45. The van der Waals surface area contributed by atoms with Gasteiger partial charge in [-0.2, -0.15) is 8.42 Å². The summed E-state index contributed by atoms with van der Waals surface area (Å²) in [5.74, 6) is 0.356. The molecule has 0 saturated carbocycles. The minimum absolute atomic E-state index is 0.139. The van der Waals surface area contributed by atoms with E-state index >= 15 is 0 Å². The molecule has 1 aromatic heterocycles. The van der Waals surface area contributed by atoms with Crippen LogP contribution in [0.3, 0.4) is 0 Å². The zero-order valence-corrected chi connectivity index (χ0v) is 8.52. The summed E-state index contributed by atoms with van der Waals surface area (Å²) in [7, 11) is -4.34. The first-order chi connectivity index (χ1) is 5.82. The van der Waals surface area contributed by atoms with Crippen LogP contribution in [0.5, 0.6) is 0 Å². The molecule has 1 N–H and O–H groups in total. The highest BCUT2D eigenvalue weighted by molar-refractivity contribution is 7.86. The fourth-order valence-electron chi connectivity index (χ4n) is 0.954. The Kier molecular flexibility index (Phi) is 2.56. The van der Waals surface area contributed by atoms with Gasteiger partial charge in [0.15, 0.2) is 10.0 Å². The van der Waals surface area contributed by atoms with Crippen molar-refractivity contribution in [3.8, 4) is 0 Å². The summed E-state index contributed by atoms with van der Waals surface area (Å²) in [6.45, 7) is 3.01. The van der Waals surface area contributed by atoms with Gasteiger partial charge in [-0.05, 0) is 13.8 Å². The Morgan fingerprint density at radius 2 is 1.85 bits per heavy atom. The molecule has 0 fully saturated rings. The van der Waals surface area contributed by atoms with E-state index in [2.05, 4.69) is 9.97 Å². The monoisotopic (exact) mass is 222 g/mol. The second-order valence-corrected chi connectivity index (χ2v) is 4.17. The van der Waals surface area contributed by atoms with Crippen LogP contribution in [-0.2, 0) is 10.1 Å². The van der Waals surface area contributed by atoms with Crippen molar-refractivity contribution in [3.05, 3.63) is 16.7 Å². The van der Waals surface area contributed by atoms with Crippen molar-refractivity contribution < 1.29 is 13.0 Å². The lowest BCUT2D eigenvalue weighted by atomic mass is 10.4. The highest BCUT2D eigenvalue weighted by Gasteiger charge is 2.20. The molecule has 0 spiro atoms. The van der Waals surface area contributed by atoms with Crippen LogP contribution in [0.25, 0.3) is 0 Å². The molecule has 0 aliphatic heterocycles. The van der Waals surface area contributed by atoms with Crippen LogP contribution in [0.4, 0.5) is 0 Å². The molecule has 1 rings (SSSR count). The van der Waals surface area contributed by atoms with Gasteiger partial charge in [0.1, 0.15) is 5.82 Å². The van der Waals surface area contributed by atoms with E-state index in [1.807, 2.05) is 0 Å². The van der Waals surface area contributed by atoms with Crippen LogP contribution in [0.1, 0.15) is 11.5 Å². The molecule has 0 aliphatic rings. The van der Waals surface area contributed by atoms with Gasteiger partial charge in [0, 0.05) is 0 Å². The summed E-state index contributed by atoms with van der Waals surface area (Å²) in [6.07, 6.45) is 0. The Balaban J connectivity index is 3.57. The molecule has 0 saturated heterocycles. The van der Waals surface area contributed by atoms with E-state index in [1.165, 1.54) is 6.92 Å². The molecule has 0 radical (unpaired) electrons. The smallest absolute Gasteiger partial charge is 0.282 e. The number of halogens is 1. The van der Waals surface area contributed by atoms with Crippen molar-refractivity contribution in [3.63, 3.8) is 0 Å². The Morgan fingerprint density at radius 3 is 2.23 bits per heavy atom. The predicted octanol–water partition coefficient (Wildman–Crippen LogP) is 0.994.